The van der Waals surface area contributed by atoms with Crippen LogP contribution in [0.25, 0.3) is 10.9 Å². The van der Waals surface area contributed by atoms with Gasteiger partial charge in [-0.2, -0.15) is 0 Å². The molecule has 0 aliphatic rings. The molecule has 0 atom stereocenters. The lowest BCUT2D eigenvalue weighted by molar-refractivity contribution is -0.120. The fourth-order valence-electron chi connectivity index (χ4n) is 2.52. The first-order valence-corrected chi connectivity index (χ1v) is 9.00. The second-order valence-corrected chi connectivity index (χ2v) is 6.77. The molecule has 134 valence electrons. The van der Waals surface area contributed by atoms with Gasteiger partial charge >= 0.3 is 5.91 Å². The first kappa shape index (κ1) is 18.4. The van der Waals surface area contributed by atoms with Gasteiger partial charge < -0.3 is 14.4 Å². The van der Waals surface area contributed by atoms with Gasteiger partial charge in [-0.05, 0) is 49.4 Å². The Bertz CT molecular complexity index is 984. The molecule has 1 heterocycles. The monoisotopic (exact) mass is 435 g/mol. The van der Waals surface area contributed by atoms with E-state index in [0.29, 0.717) is 22.7 Å². The number of aryl methyl sites for hydroxylation is 1. The smallest absolute Gasteiger partial charge is 0.302 e. The summed E-state index contributed by atoms with van der Waals surface area (Å²) >= 11 is 9.36. The van der Waals surface area contributed by atoms with Crippen molar-refractivity contribution in [3.63, 3.8) is 0 Å². The summed E-state index contributed by atoms with van der Waals surface area (Å²) in [7, 11) is 0. The van der Waals surface area contributed by atoms with Crippen molar-refractivity contribution < 1.29 is 14.6 Å². The van der Waals surface area contributed by atoms with Crippen LogP contribution in [0.4, 0.5) is 5.69 Å². The van der Waals surface area contributed by atoms with E-state index in [0.717, 1.165) is 9.99 Å². The number of carbonyl (C=O) groups excluding carboxylic acids is 1. The van der Waals surface area contributed by atoms with E-state index in [9.17, 15) is 9.90 Å². The molecule has 0 aliphatic heterocycles. The highest BCUT2D eigenvalue weighted by atomic mass is 79.9. The highest BCUT2D eigenvalue weighted by Gasteiger charge is 2.16. The fourth-order valence-corrected chi connectivity index (χ4v) is 2.96. The number of nitrogens with zero attached hydrogens (tertiary/aromatic N) is 3. The van der Waals surface area contributed by atoms with E-state index in [1.807, 2.05) is 19.1 Å². The van der Waals surface area contributed by atoms with Crippen LogP contribution in [0.3, 0.4) is 0 Å². The lowest BCUT2D eigenvalue weighted by atomic mass is 10.2. The first-order valence-electron chi connectivity index (χ1n) is 7.83. The van der Waals surface area contributed by atoms with Crippen molar-refractivity contribution in [2.45, 2.75) is 13.5 Å². The number of benzene rings is 2. The zero-order valence-corrected chi connectivity index (χ0v) is 16.2. The number of aromatic hydroxyl groups is 1. The van der Waals surface area contributed by atoms with E-state index >= 15 is 0 Å². The van der Waals surface area contributed by atoms with E-state index < -0.39 is 5.91 Å². The van der Waals surface area contributed by atoms with Crippen molar-refractivity contribution in [3.8, 4) is 11.6 Å². The van der Waals surface area contributed by atoms with Gasteiger partial charge in [0.1, 0.15) is 5.75 Å². The molecule has 2 aromatic carbocycles. The first-order chi connectivity index (χ1) is 12.5. The summed E-state index contributed by atoms with van der Waals surface area (Å²) in [5, 5.41) is 19.1. The van der Waals surface area contributed by atoms with Crippen LogP contribution in [0.2, 0.25) is 5.02 Å². The molecule has 6 nitrogen and oxygen atoms in total. The lowest BCUT2D eigenvalue weighted by Crippen LogP contribution is -2.07. The Hall–Kier alpha value is -2.38. The zero-order valence-electron chi connectivity index (χ0n) is 13.8. The zero-order chi connectivity index (χ0) is 18.7. The average molecular weight is 437 g/mol. The molecule has 3 aromatic rings. The number of azo groups is 1. The molecular formula is C18H15BrClN3O3. The summed E-state index contributed by atoms with van der Waals surface area (Å²) in [5.41, 5.74) is 0.975. The lowest BCUT2D eigenvalue weighted by Gasteiger charge is -2.02. The van der Waals surface area contributed by atoms with Crippen LogP contribution in [0.15, 0.2) is 57.2 Å². The molecule has 0 spiro atoms. The molecule has 3 rings (SSSR count). The summed E-state index contributed by atoms with van der Waals surface area (Å²) in [4.78, 5) is 11.9. The van der Waals surface area contributed by atoms with Gasteiger partial charge in [0.25, 0.3) is 0 Å². The van der Waals surface area contributed by atoms with Gasteiger partial charge in [-0.1, -0.05) is 27.5 Å². The Morgan fingerprint density at radius 3 is 2.69 bits per heavy atom. The quantitative estimate of drug-likeness (QED) is 0.539. The van der Waals surface area contributed by atoms with E-state index in [4.69, 9.17) is 16.3 Å². The number of carbonyl (C=O) groups is 1. The largest absolute Gasteiger partial charge is 0.493 e. The number of fused-ring (bicyclic) bond motifs is 1. The van der Waals surface area contributed by atoms with E-state index in [2.05, 4.69) is 26.2 Å². The summed E-state index contributed by atoms with van der Waals surface area (Å²) in [6.07, 6.45) is 0. The molecule has 0 saturated heterocycles. The molecule has 0 saturated carbocycles. The second-order valence-electron chi connectivity index (χ2n) is 5.41. The van der Waals surface area contributed by atoms with Gasteiger partial charge in [-0.15, -0.1) is 10.2 Å². The van der Waals surface area contributed by atoms with Gasteiger partial charge in [-0.25, -0.2) is 0 Å². The number of rotatable bonds is 5. The number of amides is 1. The van der Waals surface area contributed by atoms with Crippen molar-refractivity contribution in [2.75, 3.05) is 6.61 Å². The molecule has 26 heavy (non-hydrogen) atoms. The predicted molar refractivity (Wildman–Crippen MR) is 103 cm³/mol. The van der Waals surface area contributed by atoms with Crippen molar-refractivity contribution in [1.29, 1.82) is 0 Å². The summed E-state index contributed by atoms with van der Waals surface area (Å²) in [5.74, 6) is -0.0733. The van der Waals surface area contributed by atoms with Crippen LogP contribution in [0.5, 0.6) is 11.6 Å². The Kier molecular flexibility index (Phi) is 5.58. The van der Waals surface area contributed by atoms with Gasteiger partial charge in [0.05, 0.1) is 5.52 Å². The molecule has 1 amide bonds. The van der Waals surface area contributed by atoms with Crippen molar-refractivity contribution in [2.24, 2.45) is 10.2 Å². The topological polar surface area (TPSA) is 76.2 Å². The van der Waals surface area contributed by atoms with Crippen molar-refractivity contribution >= 4 is 50.0 Å². The highest BCUT2D eigenvalue weighted by Crippen LogP contribution is 2.39. The van der Waals surface area contributed by atoms with Gasteiger partial charge in [0.2, 0.25) is 5.88 Å². The van der Waals surface area contributed by atoms with Crippen LogP contribution >= 0.6 is 27.5 Å². The Labute approximate surface area is 163 Å². The van der Waals surface area contributed by atoms with Crippen LogP contribution in [-0.4, -0.2) is 22.2 Å². The van der Waals surface area contributed by atoms with Crippen LogP contribution in [0, 0.1) is 0 Å². The molecular weight excluding hydrogens is 422 g/mol. The highest BCUT2D eigenvalue weighted by molar-refractivity contribution is 9.10. The fraction of sp³-hybridized carbons (Fsp3) is 0.167. The second kappa shape index (κ2) is 7.88. The molecule has 0 unspecified atom stereocenters. The minimum atomic E-state index is -0.563. The van der Waals surface area contributed by atoms with Crippen LogP contribution in [0.1, 0.15) is 6.92 Å². The average Bonchev–Trinajstić information content (AvgIpc) is 2.89. The maximum Gasteiger partial charge on any atom is 0.302 e. The van der Waals surface area contributed by atoms with E-state index in [1.165, 1.54) is 0 Å². The standard InChI is InChI=1S/C18H15BrClN3O3/c1-2-23-15-8-5-12(20)9-14(15)17(18(23)25)22-21-16(24)10-26-13-6-3-11(19)4-7-13/h3-9,25H,2,10H2,1H3. The summed E-state index contributed by atoms with van der Waals surface area (Å²) in [6.45, 7) is 2.19. The third kappa shape index (κ3) is 3.89. The van der Waals surface area contributed by atoms with E-state index in [-0.39, 0.29) is 18.2 Å². The van der Waals surface area contributed by atoms with Gasteiger partial charge in [0, 0.05) is 21.4 Å². The Balaban J connectivity index is 1.79. The van der Waals surface area contributed by atoms with Gasteiger partial charge in [-0.3, -0.25) is 4.79 Å². The molecule has 1 aromatic heterocycles. The molecule has 0 radical (unpaired) electrons. The molecule has 1 N–H and O–H groups in total. The number of halogens is 2. The minimum Gasteiger partial charge on any atom is -0.493 e. The maximum absolute atomic E-state index is 11.9. The van der Waals surface area contributed by atoms with Crippen LogP contribution in [-0.2, 0) is 11.3 Å². The third-order valence-electron chi connectivity index (χ3n) is 3.73. The minimum absolute atomic E-state index is 0.0601. The number of ether oxygens (including phenoxy) is 1. The maximum atomic E-state index is 11.9. The Morgan fingerprint density at radius 1 is 1.27 bits per heavy atom. The van der Waals surface area contributed by atoms with E-state index in [1.54, 1.807) is 34.9 Å². The molecule has 0 bridgehead atoms. The number of hydrogen-bond acceptors (Lipinski definition) is 4. The number of aromatic nitrogens is 1. The normalized spacial score (nSPS) is 11.3. The number of hydrogen-bond donors (Lipinski definition) is 1. The molecule has 0 aliphatic carbocycles. The van der Waals surface area contributed by atoms with Crippen LogP contribution < -0.4 is 4.74 Å². The van der Waals surface area contributed by atoms with Crippen molar-refractivity contribution in [1.82, 2.24) is 4.57 Å². The van der Waals surface area contributed by atoms with Gasteiger partial charge in [0.15, 0.2) is 12.3 Å². The molecule has 0 fully saturated rings. The Morgan fingerprint density at radius 2 is 2.00 bits per heavy atom. The molecule has 8 heteroatoms. The SMILES string of the molecule is CCn1c(O)c(N=NC(=O)COc2ccc(Br)cc2)c2cc(Cl)ccc21. The third-order valence-corrected chi connectivity index (χ3v) is 4.49. The van der Waals surface area contributed by atoms with Crippen molar-refractivity contribution in [3.05, 3.63) is 52.0 Å². The predicted octanol–water partition coefficient (Wildman–Crippen LogP) is 5.47. The summed E-state index contributed by atoms with van der Waals surface area (Å²) in [6, 6.07) is 12.3. The summed E-state index contributed by atoms with van der Waals surface area (Å²) < 4.78 is 7.95.